The van der Waals surface area contributed by atoms with Crippen LogP contribution in [0.3, 0.4) is 0 Å². The van der Waals surface area contributed by atoms with Gasteiger partial charge in [-0.05, 0) is 54.5 Å². The maximum atomic E-state index is 6.16. The Kier molecular flexibility index (Phi) is 6.75. The quantitative estimate of drug-likeness (QED) is 0.643. The minimum Gasteiger partial charge on any atom is -0.493 e. The van der Waals surface area contributed by atoms with E-state index in [2.05, 4.69) is 55.6 Å². The molecule has 0 aromatic heterocycles. The molecule has 1 N–H and O–H groups in total. The number of nitrogens with one attached hydrogen (secondary N) is 1. The highest BCUT2D eigenvalue weighted by molar-refractivity contribution is 5.87. The maximum absolute atomic E-state index is 6.16. The van der Waals surface area contributed by atoms with E-state index < -0.39 is 0 Å². The zero-order chi connectivity index (χ0) is 17.5. The summed E-state index contributed by atoms with van der Waals surface area (Å²) in [5.74, 6) is 2.58. The Balaban J connectivity index is 1.70. The lowest BCUT2D eigenvalue weighted by atomic mass is 9.89. The summed E-state index contributed by atoms with van der Waals surface area (Å²) in [7, 11) is 0. The first-order valence-electron chi connectivity index (χ1n) is 10.1. The zero-order valence-electron chi connectivity index (χ0n) is 15.9. The lowest BCUT2D eigenvalue weighted by Crippen LogP contribution is -2.24. The molecule has 0 bridgehead atoms. The van der Waals surface area contributed by atoms with Gasteiger partial charge in [-0.1, -0.05) is 63.4 Å². The third-order valence-electron chi connectivity index (χ3n) is 5.41. The van der Waals surface area contributed by atoms with E-state index in [-0.39, 0.29) is 0 Å². The molecule has 2 aromatic rings. The molecule has 0 amide bonds. The molecule has 25 heavy (non-hydrogen) atoms. The second-order valence-corrected chi connectivity index (χ2v) is 7.93. The van der Waals surface area contributed by atoms with Gasteiger partial charge in [0.25, 0.3) is 0 Å². The molecule has 0 saturated heterocycles. The summed E-state index contributed by atoms with van der Waals surface area (Å²) in [4.78, 5) is 0. The molecule has 1 fully saturated rings. The van der Waals surface area contributed by atoms with Gasteiger partial charge in [-0.15, -0.1) is 0 Å². The van der Waals surface area contributed by atoms with Gasteiger partial charge in [0.15, 0.2) is 0 Å². The minimum absolute atomic E-state index is 0.674. The van der Waals surface area contributed by atoms with Crippen LogP contribution < -0.4 is 10.1 Å². The van der Waals surface area contributed by atoms with Gasteiger partial charge in [0.1, 0.15) is 5.75 Å². The smallest absolute Gasteiger partial charge is 0.124 e. The van der Waals surface area contributed by atoms with Gasteiger partial charge in [0.2, 0.25) is 0 Å². The summed E-state index contributed by atoms with van der Waals surface area (Å²) in [6.07, 6.45) is 8.12. The Bertz CT molecular complexity index is 658. The van der Waals surface area contributed by atoms with Crippen LogP contribution in [0.2, 0.25) is 0 Å². The van der Waals surface area contributed by atoms with E-state index >= 15 is 0 Å². The van der Waals surface area contributed by atoms with Crippen molar-refractivity contribution >= 4 is 10.8 Å². The molecule has 1 aliphatic rings. The van der Waals surface area contributed by atoms with Crippen LogP contribution in [0.15, 0.2) is 36.4 Å². The SMILES string of the molecule is CC(C)CCOc1ccc2ccccc2c1CNCC1CCCCC1. The Morgan fingerprint density at radius 2 is 1.84 bits per heavy atom. The average Bonchev–Trinajstić information content (AvgIpc) is 2.63. The van der Waals surface area contributed by atoms with Crippen LogP contribution in [0.5, 0.6) is 5.75 Å². The second kappa shape index (κ2) is 9.24. The molecule has 3 rings (SSSR count). The molecule has 2 nitrogen and oxygen atoms in total. The van der Waals surface area contributed by atoms with Crippen LogP contribution in [-0.2, 0) is 6.54 Å². The van der Waals surface area contributed by atoms with Gasteiger partial charge in [-0.25, -0.2) is 0 Å². The van der Waals surface area contributed by atoms with Crippen LogP contribution in [-0.4, -0.2) is 13.2 Å². The summed E-state index contributed by atoms with van der Waals surface area (Å²) in [6, 6.07) is 13.0. The van der Waals surface area contributed by atoms with Gasteiger partial charge in [0, 0.05) is 12.1 Å². The normalized spacial score (nSPS) is 15.8. The highest BCUT2D eigenvalue weighted by Crippen LogP contribution is 2.29. The molecule has 136 valence electrons. The second-order valence-electron chi connectivity index (χ2n) is 7.93. The Morgan fingerprint density at radius 3 is 2.64 bits per heavy atom. The molecular formula is C23H33NO. The Labute approximate surface area is 153 Å². The van der Waals surface area contributed by atoms with E-state index in [1.807, 2.05) is 0 Å². The van der Waals surface area contributed by atoms with E-state index in [0.29, 0.717) is 5.92 Å². The summed E-state index contributed by atoms with van der Waals surface area (Å²) in [5.41, 5.74) is 1.32. The van der Waals surface area contributed by atoms with Gasteiger partial charge >= 0.3 is 0 Å². The molecule has 0 radical (unpaired) electrons. The third kappa shape index (κ3) is 5.22. The Hall–Kier alpha value is -1.54. The largest absolute Gasteiger partial charge is 0.493 e. The number of hydrogen-bond donors (Lipinski definition) is 1. The van der Waals surface area contributed by atoms with Crippen LogP contribution in [0.25, 0.3) is 10.8 Å². The molecule has 2 heteroatoms. The Morgan fingerprint density at radius 1 is 1.04 bits per heavy atom. The van der Waals surface area contributed by atoms with Gasteiger partial charge in [0.05, 0.1) is 6.61 Å². The molecule has 0 heterocycles. The monoisotopic (exact) mass is 339 g/mol. The number of hydrogen-bond acceptors (Lipinski definition) is 2. The van der Waals surface area contributed by atoms with Crippen molar-refractivity contribution in [3.8, 4) is 5.75 Å². The molecule has 0 unspecified atom stereocenters. The first kappa shape index (κ1) is 18.3. The molecule has 1 aliphatic carbocycles. The van der Waals surface area contributed by atoms with Crippen molar-refractivity contribution in [1.82, 2.24) is 5.32 Å². The predicted octanol–water partition coefficient (Wildman–Crippen LogP) is 5.93. The van der Waals surface area contributed by atoms with E-state index in [9.17, 15) is 0 Å². The van der Waals surface area contributed by atoms with Crippen LogP contribution in [0.1, 0.15) is 57.9 Å². The summed E-state index contributed by atoms with van der Waals surface area (Å²) >= 11 is 0. The van der Waals surface area contributed by atoms with Gasteiger partial charge in [-0.2, -0.15) is 0 Å². The highest BCUT2D eigenvalue weighted by Gasteiger charge is 2.14. The van der Waals surface area contributed by atoms with E-state index in [1.54, 1.807) is 0 Å². The van der Waals surface area contributed by atoms with Crippen molar-refractivity contribution < 1.29 is 4.74 Å². The predicted molar refractivity (Wildman–Crippen MR) is 107 cm³/mol. The number of fused-ring (bicyclic) bond motifs is 1. The number of rotatable bonds is 8. The van der Waals surface area contributed by atoms with Crippen molar-refractivity contribution in [2.24, 2.45) is 11.8 Å². The summed E-state index contributed by atoms with van der Waals surface area (Å²) in [5, 5.41) is 6.34. The fraction of sp³-hybridized carbons (Fsp3) is 0.565. The zero-order valence-corrected chi connectivity index (χ0v) is 15.9. The summed E-state index contributed by atoms with van der Waals surface area (Å²) in [6.45, 7) is 7.32. The lowest BCUT2D eigenvalue weighted by molar-refractivity contribution is 0.286. The van der Waals surface area contributed by atoms with Crippen molar-refractivity contribution in [3.63, 3.8) is 0 Å². The average molecular weight is 340 g/mol. The topological polar surface area (TPSA) is 21.3 Å². The van der Waals surface area contributed by atoms with Crippen LogP contribution >= 0.6 is 0 Å². The van der Waals surface area contributed by atoms with Crippen molar-refractivity contribution in [2.75, 3.05) is 13.2 Å². The molecule has 0 aliphatic heterocycles. The number of benzene rings is 2. The van der Waals surface area contributed by atoms with E-state index in [0.717, 1.165) is 37.8 Å². The standard InChI is InChI=1S/C23H33NO/c1-18(2)14-15-25-23-13-12-20-10-6-7-11-21(20)22(23)17-24-16-19-8-4-3-5-9-19/h6-7,10-13,18-19,24H,3-5,8-9,14-17H2,1-2H3. The maximum Gasteiger partial charge on any atom is 0.124 e. The highest BCUT2D eigenvalue weighted by atomic mass is 16.5. The molecule has 2 aromatic carbocycles. The summed E-state index contributed by atoms with van der Waals surface area (Å²) < 4.78 is 6.16. The fourth-order valence-electron chi connectivity index (χ4n) is 3.83. The lowest BCUT2D eigenvalue weighted by Gasteiger charge is -2.22. The number of ether oxygens (including phenoxy) is 1. The first-order chi connectivity index (χ1) is 12.2. The molecular weight excluding hydrogens is 306 g/mol. The van der Waals surface area contributed by atoms with Gasteiger partial charge < -0.3 is 10.1 Å². The third-order valence-corrected chi connectivity index (χ3v) is 5.41. The fourth-order valence-corrected chi connectivity index (χ4v) is 3.83. The minimum atomic E-state index is 0.674. The van der Waals surface area contributed by atoms with Crippen molar-refractivity contribution in [2.45, 2.75) is 58.9 Å². The van der Waals surface area contributed by atoms with E-state index in [1.165, 1.54) is 48.4 Å². The van der Waals surface area contributed by atoms with Crippen LogP contribution in [0, 0.1) is 11.8 Å². The first-order valence-corrected chi connectivity index (χ1v) is 10.1. The van der Waals surface area contributed by atoms with Crippen molar-refractivity contribution in [3.05, 3.63) is 42.0 Å². The van der Waals surface area contributed by atoms with E-state index in [4.69, 9.17) is 4.74 Å². The molecule has 0 spiro atoms. The van der Waals surface area contributed by atoms with Gasteiger partial charge in [-0.3, -0.25) is 0 Å². The molecule has 1 saturated carbocycles. The van der Waals surface area contributed by atoms with Crippen LogP contribution in [0.4, 0.5) is 0 Å². The molecule has 0 atom stereocenters. The van der Waals surface area contributed by atoms with Crippen molar-refractivity contribution in [1.29, 1.82) is 0 Å².